The van der Waals surface area contributed by atoms with Crippen LogP contribution in [0, 0.1) is 11.8 Å². The number of carbonyl (C=O) groups is 1. The average Bonchev–Trinajstić information content (AvgIpc) is 3.67. The maximum atomic E-state index is 13.7. The molecule has 3 aromatic rings. The van der Waals surface area contributed by atoms with Gasteiger partial charge in [-0.3, -0.25) is 9.69 Å². The van der Waals surface area contributed by atoms with Crippen LogP contribution in [0.3, 0.4) is 0 Å². The molecule has 2 unspecified atom stereocenters. The first-order chi connectivity index (χ1) is 17.2. The maximum absolute atomic E-state index is 13.7. The van der Waals surface area contributed by atoms with Crippen LogP contribution < -0.4 is 4.74 Å². The second-order valence-electron chi connectivity index (χ2n) is 10.2. The van der Waals surface area contributed by atoms with Crippen LogP contribution in [-0.2, 0) is 17.9 Å². The molecule has 0 radical (unpaired) electrons. The van der Waals surface area contributed by atoms with Gasteiger partial charge >= 0.3 is 0 Å². The van der Waals surface area contributed by atoms with E-state index in [0.717, 1.165) is 44.8 Å². The number of amides is 1. The Morgan fingerprint density at radius 3 is 2.60 bits per heavy atom. The predicted octanol–water partition coefficient (Wildman–Crippen LogP) is 5.46. The number of rotatable bonds is 9. The average molecular weight is 472 g/mol. The lowest BCUT2D eigenvalue weighted by atomic mass is 9.88. The fourth-order valence-corrected chi connectivity index (χ4v) is 5.98. The molecule has 35 heavy (non-hydrogen) atoms. The molecule has 1 saturated carbocycles. The molecular formula is C30H37N3O2. The first-order valence-electron chi connectivity index (χ1n) is 13.0. The van der Waals surface area contributed by atoms with E-state index in [9.17, 15) is 4.79 Å². The monoisotopic (exact) mass is 471 g/mol. The fraction of sp³-hybridized carbons (Fsp3) is 0.433. The smallest absolute Gasteiger partial charge is 0.225 e. The minimum atomic E-state index is 0.186. The number of nitrogens with one attached hydrogen (secondary N) is 1. The third-order valence-corrected chi connectivity index (χ3v) is 7.78. The normalized spacial score (nSPS) is 20.8. The molecule has 5 heteroatoms. The van der Waals surface area contributed by atoms with Crippen molar-refractivity contribution in [2.75, 3.05) is 26.7 Å². The SMILES string of the molecule is COc1cccc(C2CN(Cc3ccc[nH]3)CC2CN(Cc2ccccc2)C(=O)C2CCCC2)c1. The third-order valence-electron chi connectivity index (χ3n) is 7.78. The van der Waals surface area contributed by atoms with Crippen LogP contribution in [0.25, 0.3) is 0 Å². The first kappa shape index (κ1) is 23.7. The Morgan fingerprint density at radius 1 is 1.03 bits per heavy atom. The number of aromatic nitrogens is 1. The van der Waals surface area contributed by atoms with Gasteiger partial charge in [-0.2, -0.15) is 0 Å². The summed E-state index contributed by atoms with van der Waals surface area (Å²) < 4.78 is 5.54. The third kappa shape index (κ3) is 5.79. The van der Waals surface area contributed by atoms with E-state index in [4.69, 9.17) is 4.74 Å². The van der Waals surface area contributed by atoms with Crippen molar-refractivity contribution in [2.24, 2.45) is 11.8 Å². The van der Waals surface area contributed by atoms with E-state index in [1.807, 2.05) is 18.3 Å². The van der Waals surface area contributed by atoms with E-state index in [1.165, 1.54) is 29.7 Å². The molecule has 1 aromatic heterocycles. The molecule has 1 amide bonds. The molecule has 1 aliphatic heterocycles. The molecule has 2 aliphatic rings. The Hall–Kier alpha value is -3.05. The fourth-order valence-electron chi connectivity index (χ4n) is 5.98. The highest BCUT2D eigenvalue weighted by molar-refractivity contribution is 5.79. The highest BCUT2D eigenvalue weighted by Crippen LogP contribution is 2.36. The van der Waals surface area contributed by atoms with E-state index in [1.54, 1.807) is 7.11 Å². The van der Waals surface area contributed by atoms with Crippen LogP contribution in [-0.4, -0.2) is 47.4 Å². The molecular weight excluding hydrogens is 434 g/mol. The van der Waals surface area contributed by atoms with Crippen molar-refractivity contribution in [3.8, 4) is 5.75 Å². The summed E-state index contributed by atoms with van der Waals surface area (Å²) in [4.78, 5) is 21.8. The lowest BCUT2D eigenvalue weighted by molar-refractivity contribution is -0.136. The summed E-state index contributed by atoms with van der Waals surface area (Å²) in [5, 5.41) is 0. The summed E-state index contributed by atoms with van der Waals surface area (Å²) in [6, 6.07) is 23.2. The Bertz CT molecular complexity index is 1080. The number of methoxy groups -OCH3 is 1. The number of likely N-dealkylation sites (tertiary alicyclic amines) is 1. The van der Waals surface area contributed by atoms with Gasteiger partial charge in [0.1, 0.15) is 5.75 Å². The van der Waals surface area contributed by atoms with E-state index in [0.29, 0.717) is 24.3 Å². The van der Waals surface area contributed by atoms with Crippen LogP contribution in [0.4, 0.5) is 0 Å². The van der Waals surface area contributed by atoms with Crippen molar-refractivity contribution in [3.63, 3.8) is 0 Å². The largest absolute Gasteiger partial charge is 0.497 e. The lowest BCUT2D eigenvalue weighted by Gasteiger charge is -2.31. The summed E-state index contributed by atoms with van der Waals surface area (Å²) in [6.07, 6.45) is 6.41. The zero-order valence-electron chi connectivity index (χ0n) is 20.7. The number of ether oxygens (including phenoxy) is 1. The number of aromatic amines is 1. The molecule has 1 saturated heterocycles. The molecule has 0 spiro atoms. The number of carbonyl (C=O) groups excluding carboxylic acids is 1. The molecule has 5 rings (SSSR count). The Labute approximate surface area is 209 Å². The number of nitrogens with zero attached hydrogens (tertiary/aromatic N) is 2. The summed E-state index contributed by atoms with van der Waals surface area (Å²) >= 11 is 0. The van der Waals surface area contributed by atoms with Gasteiger partial charge in [0.2, 0.25) is 5.91 Å². The van der Waals surface area contributed by atoms with Gasteiger partial charge < -0.3 is 14.6 Å². The summed E-state index contributed by atoms with van der Waals surface area (Å²) in [7, 11) is 1.73. The van der Waals surface area contributed by atoms with Crippen LogP contribution >= 0.6 is 0 Å². The molecule has 1 N–H and O–H groups in total. The van der Waals surface area contributed by atoms with Gasteiger partial charge in [-0.15, -0.1) is 0 Å². The first-order valence-corrected chi connectivity index (χ1v) is 13.0. The van der Waals surface area contributed by atoms with Gasteiger partial charge in [-0.25, -0.2) is 0 Å². The predicted molar refractivity (Wildman–Crippen MR) is 139 cm³/mol. The Morgan fingerprint density at radius 2 is 1.86 bits per heavy atom. The molecule has 2 heterocycles. The van der Waals surface area contributed by atoms with Crippen LogP contribution in [0.1, 0.15) is 48.4 Å². The Kier molecular flexibility index (Phi) is 7.53. The van der Waals surface area contributed by atoms with Crippen LogP contribution in [0.5, 0.6) is 5.75 Å². The molecule has 5 nitrogen and oxygen atoms in total. The molecule has 2 aromatic carbocycles. The summed E-state index contributed by atoms with van der Waals surface area (Å²) in [5.41, 5.74) is 3.74. The lowest BCUT2D eigenvalue weighted by Crippen LogP contribution is -2.40. The number of hydrogen-bond donors (Lipinski definition) is 1. The minimum absolute atomic E-state index is 0.186. The van der Waals surface area contributed by atoms with E-state index in [-0.39, 0.29) is 5.92 Å². The standard InChI is InChI=1S/C30H37N3O2/c1-35-28-15-7-13-25(17-28)29-22-32(21-27-14-8-16-31-27)19-26(29)20-33(18-23-9-3-2-4-10-23)30(34)24-11-5-6-12-24/h2-4,7-10,13-17,24,26,29,31H,5-6,11-12,18-22H2,1H3. The van der Waals surface area contributed by atoms with Gasteiger partial charge in [0.05, 0.1) is 7.11 Å². The van der Waals surface area contributed by atoms with Crippen molar-refractivity contribution in [1.82, 2.24) is 14.8 Å². The Balaban J connectivity index is 1.40. The maximum Gasteiger partial charge on any atom is 0.225 e. The number of benzene rings is 2. The number of H-pyrrole nitrogens is 1. The zero-order valence-corrected chi connectivity index (χ0v) is 20.7. The van der Waals surface area contributed by atoms with E-state index >= 15 is 0 Å². The van der Waals surface area contributed by atoms with E-state index in [2.05, 4.69) is 69.4 Å². The van der Waals surface area contributed by atoms with Crippen molar-refractivity contribution < 1.29 is 9.53 Å². The van der Waals surface area contributed by atoms with Crippen LogP contribution in [0.15, 0.2) is 72.9 Å². The van der Waals surface area contributed by atoms with Gasteiger partial charge in [0.15, 0.2) is 0 Å². The van der Waals surface area contributed by atoms with Gasteiger partial charge in [0.25, 0.3) is 0 Å². The molecule has 2 atom stereocenters. The highest BCUT2D eigenvalue weighted by Gasteiger charge is 2.37. The molecule has 184 valence electrons. The minimum Gasteiger partial charge on any atom is -0.497 e. The second-order valence-corrected chi connectivity index (χ2v) is 10.2. The van der Waals surface area contributed by atoms with Gasteiger partial charge in [-0.05, 0) is 54.2 Å². The quantitative estimate of drug-likeness (QED) is 0.451. The van der Waals surface area contributed by atoms with E-state index < -0.39 is 0 Å². The number of hydrogen-bond acceptors (Lipinski definition) is 3. The molecule has 0 bridgehead atoms. The van der Waals surface area contributed by atoms with Crippen molar-refractivity contribution in [1.29, 1.82) is 0 Å². The van der Waals surface area contributed by atoms with Crippen molar-refractivity contribution >= 4 is 5.91 Å². The van der Waals surface area contributed by atoms with Crippen molar-refractivity contribution in [3.05, 3.63) is 89.7 Å². The topological polar surface area (TPSA) is 48.6 Å². The van der Waals surface area contributed by atoms with Crippen molar-refractivity contribution in [2.45, 2.75) is 44.7 Å². The molecule has 1 aliphatic carbocycles. The van der Waals surface area contributed by atoms with Gasteiger partial charge in [-0.1, -0.05) is 55.3 Å². The van der Waals surface area contributed by atoms with Gasteiger partial charge in [0, 0.05) is 56.5 Å². The second kappa shape index (κ2) is 11.1. The summed E-state index contributed by atoms with van der Waals surface area (Å²) in [5.74, 6) is 2.15. The zero-order chi connectivity index (χ0) is 24.0. The summed E-state index contributed by atoms with van der Waals surface area (Å²) in [6.45, 7) is 4.33. The van der Waals surface area contributed by atoms with Crippen LogP contribution in [0.2, 0.25) is 0 Å². The molecule has 2 fully saturated rings. The highest BCUT2D eigenvalue weighted by atomic mass is 16.5.